The van der Waals surface area contributed by atoms with Crippen molar-refractivity contribution in [2.75, 3.05) is 11.9 Å². The fourth-order valence-corrected chi connectivity index (χ4v) is 1.40. The molecule has 0 saturated heterocycles. The minimum atomic E-state index is 0.646. The van der Waals surface area contributed by atoms with Gasteiger partial charge in [-0.25, -0.2) is 4.98 Å². The molecule has 0 aliphatic carbocycles. The Bertz CT molecular complexity index is 411. The highest BCUT2D eigenvalue weighted by Crippen LogP contribution is 2.09. The molecule has 2 aromatic heterocycles. The molecule has 5 nitrogen and oxygen atoms in total. The van der Waals surface area contributed by atoms with Crippen LogP contribution in [0.5, 0.6) is 0 Å². The van der Waals surface area contributed by atoms with Gasteiger partial charge in [0.25, 0.3) is 0 Å². The Morgan fingerprint density at radius 1 is 1.38 bits per heavy atom. The lowest BCUT2D eigenvalue weighted by molar-refractivity contribution is 0.569. The Morgan fingerprint density at radius 2 is 2.31 bits per heavy atom. The molecule has 6 heteroatoms. The Labute approximate surface area is 98.5 Å². The smallest absolute Gasteiger partial charge is 0.125 e. The van der Waals surface area contributed by atoms with Crippen LogP contribution in [0, 0.1) is 0 Å². The standard InChI is InChI=1S/C10H12ClN5/c11-9-2-3-10(13-8-9)12-4-1-6-16-7-5-14-15-16/h2-3,5,7-8H,1,4,6H2,(H,12,13). The molecule has 0 fully saturated rings. The lowest BCUT2D eigenvalue weighted by Crippen LogP contribution is -2.08. The van der Waals surface area contributed by atoms with Crippen LogP contribution in [-0.4, -0.2) is 26.5 Å². The van der Waals surface area contributed by atoms with Crippen molar-refractivity contribution in [3.63, 3.8) is 0 Å². The van der Waals surface area contributed by atoms with Crippen molar-refractivity contribution >= 4 is 17.4 Å². The third kappa shape index (κ3) is 3.20. The van der Waals surface area contributed by atoms with Crippen LogP contribution in [0.25, 0.3) is 0 Å². The first-order chi connectivity index (χ1) is 7.84. The molecule has 1 N–H and O–H groups in total. The van der Waals surface area contributed by atoms with E-state index in [0.29, 0.717) is 5.02 Å². The van der Waals surface area contributed by atoms with Crippen molar-refractivity contribution in [3.05, 3.63) is 35.7 Å². The van der Waals surface area contributed by atoms with Crippen LogP contribution in [0.15, 0.2) is 30.7 Å². The van der Waals surface area contributed by atoms with Crippen LogP contribution in [0.1, 0.15) is 6.42 Å². The van der Waals surface area contributed by atoms with Crippen LogP contribution in [-0.2, 0) is 6.54 Å². The first-order valence-corrected chi connectivity index (χ1v) is 5.42. The summed E-state index contributed by atoms with van der Waals surface area (Å²) in [4.78, 5) is 4.13. The van der Waals surface area contributed by atoms with Gasteiger partial charge < -0.3 is 5.32 Å². The van der Waals surface area contributed by atoms with E-state index in [4.69, 9.17) is 11.6 Å². The van der Waals surface area contributed by atoms with Crippen molar-refractivity contribution < 1.29 is 0 Å². The summed E-state index contributed by atoms with van der Waals surface area (Å²) in [5.74, 6) is 0.836. The fourth-order valence-electron chi connectivity index (χ4n) is 1.29. The number of pyridine rings is 1. The number of nitrogens with one attached hydrogen (secondary N) is 1. The van der Waals surface area contributed by atoms with Crippen molar-refractivity contribution in [1.29, 1.82) is 0 Å². The summed E-state index contributed by atoms with van der Waals surface area (Å²) in [6.45, 7) is 1.69. The second-order valence-corrected chi connectivity index (χ2v) is 3.74. The number of anilines is 1. The summed E-state index contributed by atoms with van der Waals surface area (Å²) in [6, 6.07) is 3.67. The van der Waals surface area contributed by atoms with E-state index in [0.717, 1.165) is 25.3 Å². The molecule has 0 aromatic carbocycles. The minimum absolute atomic E-state index is 0.646. The van der Waals surface area contributed by atoms with E-state index in [9.17, 15) is 0 Å². The number of hydrogen-bond acceptors (Lipinski definition) is 4. The molecular formula is C10H12ClN5. The molecule has 0 saturated carbocycles. The summed E-state index contributed by atoms with van der Waals surface area (Å²) in [5.41, 5.74) is 0. The first-order valence-electron chi connectivity index (χ1n) is 5.04. The predicted molar refractivity (Wildman–Crippen MR) is 62.4 cm³/mol. The average molecular weight is 238 g/mol. The van der Waals surface area contributed by atoms with E-state index in [1.165, 1.54) is 0 Å². The van der Waals surface area contributed by atoms with Gasteiger partial charge in [0.15, 0.2) is 0 Å². The molecule has 0 aliphatic heterocycles. The van der Waals surface area contributed by atoms with Crippen LogP contribution >= 0.6 is 11.6 Å². The maximum atomic E-state index is 5.73. The van der Waals surface area contributed by atoms with Crippen LogP contribution in [0.2, 0.25) is 5.02 Å². The maximum absolute atomic E-state index is 5.73. The van der Waals surface area contributed by atoms with Crippen LogP contribution in [0.3, 0.4) is 0 Å². The van der Waals surface area contributed by atoms with Gasteiger partial charge in [-0.15, -0.1) is 5.10 Å². The number of rotatable bonds is 5. The Morgan fingerprint density at radius 3 is 3.00 bits per heavy atom. The number of aryl methyl sites for hydroxylation is 1. The molecule has 84 valence electrons. The van der Waals surface area contributed by atoms with Crippen molar-refractivity contribution in [2.24, 2.45) is 0 Å². The molecule has 2 heterocycles. The molecule has 0 bridgehead atoms. The topological polar surface area (TPSA) is 55.6 Å². The van der Waals surface area contributed by atoms with E-state index in [1.807, 2.05) is 18.3 Å². The van der Waals surface area contributed by atoms with E-state index < -0.39 is 0 Å². The van der Waals surface area contributed by atoms with Gasteiger partial charge in [-0.2, -0.15) is 0 Å². The Kier molecular flexibility index (Phi) is 3.71. The lowest BCUT2D eigenvalue weighted by atomic mass is 10.4. The summed E-state index contributed by atoms with van der Waals surface area (Å²) >= 11 is 5.73. The number of hydrogen-bond donors (Lipinski definition) is 1. The molecule has 0 unspecified atom stereocenters. The summed E-state index contributed by atoms with van der Waals surface area (Å²) in [7, 11) is 0. The van der Waals surface area contributed by atoms with Gasteiger partial charge >= 0.3 is 0 Å². The first kappa shape index (κ1) is 10.9. The monoisotopic (exact) mass is 237 g/mol. The van der Waals surface area contributed by atoms with E-state index in [1.54, 1.807) is 17.1 Å². The SMILES string of the molecule is Clc1ccc(NCCCn2ccnn2)nc1. The summed E-state index contributed by atoms with van der Waals surface area (Å²) in [6.07, 6.45) is 6.11. The number of nitrogens with zero attached hydrogens (tertiary/aromatic N) is 4. The normalized spacial score (nSPS) is 10.3. The quantitative estimate of drug-likeness (QED) is 0.807. The lowest BCUT2D eigenvalue weighted by Gasteiger charge is -2.04. The van der Waals surface area contributed by atoms with Gasteiger partial charge in [0.2, 0.25) is 0 Å². The highest BCUT2D eigenvalue weighted by Gasteiger charge is 1.94. The van der Waals surface area contributed by atoms with E-state index >= 15 is 0 Å². The highest BCUT2D eigenvalue weighted by atomic mass is 35.5. The van der Waals surface area contributed by atoms with Crippen molar-refractivity contribution in [1.82, 2.24) is 20.0 Å². The van der Waals surface area contributed by atoms with E-state index in [-0.39, 0.29) is 0 Å². The molecular weight excluding hydrogens is 226 g/mol. The average Bonchev–Trinajstić information content (AvgIpc) is 2.80. The largest absolute Gasteiger partial charge is 0.370 e. The molecule has 2 rings (SSSR count). The fraction of sp³-hybridized carbons (Fsp3) is 0.300. The molecule has 2 aromatic rings. The van der Waals surface area contributed by atoms with Gasteiger partial charge in [-0.3, -0.25) is 4.68 Å². The number of aromatic nitrogens is 4. The zero-order valence-corrected chi connectivity index (χ0v) is 9.43. The molecule has 0 amide bonds. The second kappa shape index (κ2) is 5.46. The van der Waals surface area contributed by atoms with Gasteiger partial charge in [0, 0.05) is 25.5 Å². The van der Waals surface area contributed by atoms with Crippen LogP contribution < -0.4 is 5.32 Å². The Balaban J connectivity index is 1.70. The maximum Gasteiger partial charge on any atom is 0.125 e. The zero-order chi connectivity index (χ0) is 11.2. The van der Waals surface area contributed by atoms with Gasteiger partial charge in [0.05, 0.1) is 11.2 Å². The summed E-state index contributed by atoms with van der Waals surface area (Å²) < 4.78 is 1.80. The molecule has 0 aliphatic rings. The van der Waals surface area contributed by atoms with Crippen molar-refractivity contribution in [2.45, 2.75) is 13.0 Å². The predicted octanol–water partition coefficient (Wildman–Crippen LogP) is 1.83. The van der Waals surface area contributed by atoms with Gasteiger partial charge in [-0.05, 0) is 18.6 Å². The summed E-state index contributed by atoms with van der Waals surface area (Å²) in [5, 5.41) is 11.5. The molecule has 0 atom stereocenters. The molecule has 0 radical (unpaired) electrons. The van der Waals surface area contributed by atoms with Gasteiger partial charge in [0.1, 0.15) is 5.82 Å². The molecule has 16 heavy (non-hydrogen) atoms. The number of halogens is 1. The molecule has 0 spiro atoms. The van der Waals surface area contributed by atoms with Crippen molar-refractivity contribution in [3.8, 4) is 0 Å². The third-order valence-corrected chi connectivity index (χ3v) is 2.29. The van der Waals surface area contributed by atoms with E-state index in [2.05, 4.69) is 20.6 Å². The zero-order valence-electron chi connectivity index (χ0n) is 8.67. The third-order valence-electron chi connectivity index (χ3n) is 2.07. The van der Waals surface area contributed by atoms with Gasteiger partial charge in [-0.1, -0.05) is 16.8 Å². The minimum Gasteiger partial charge on any atom is -0.370 e. The van der Waals surface area contributed by atoms with Crippen LogP contribution in [0.4, 0.5) is 5.82 Å². The second-order valence-electron chi connectivity index (χ2n) is 3.31. The Hall–Kier alpha value is -1.62. The highest BCUT2D eigenvalue weighted by molar-refractivity contribution is 6.30.